The Balaban J connectivity index is 2.53. The number of aryl methyl sites for hydroxylation is 1. The number of benzene rings is 1. The van der Waals surface area contributed by atoms with E-state index in [2.05, 4.69) is 4.98 Å². The average molecular weight is 268 g/mol. The summed E-state index contributed by atoms with van der Waals surface area (Å²) >= 11 is 0. The van der Waals surface area contributed by atoms with Gasteiger partial charge in [0, 0.05) is 29.4 Å². The lowest BCUT2D eigenvalue weighted by Gasteiger charge is -2.02. The minimum atomic E-state index is -1.05. The molecule has 18 heavy (non-hydrogen) atoms. The summed E-state index contributed by atoms with van der Waals surface area (Å²) in [6.45, 7) is 0.297. The zero-order valence-corrected chi connectivity index (χ0v) is 10.5. The molecule has 0 aliphatic rings. The largest absolute Gasteiger partial charge is 0.478 e. The molecule has 0 amide bonds. The summed E-state index contributed by atoms with van der Waals surface area (Å²) in [4.78, 5) is 25.2. The van der Waals surface area contributed by atoms with Gasteiger partial charge in [0.25, 0.3) is 0 Å². The molecule has 0 aliphatic heterocycles. The summed E-state index contributed by atoms with van der Waals surface area (Å²) in [5.41, 5.74) is 0.892. The Morgan fingerprint density at radius 2 is 2.22 bits per heavy atom. The van der Waals surface area contributed by atoms with Crippen LogP contribution in [0.3, 0.4) is 0 Å². The second kappa shape index (κ2) is 4.77. The number of aromatic amines is 1. The van der Waals surface area contributed by atoms with E-state index >= 15 is 0 Å². The summed E-state index contributed by atoms with van der Waals surface area (Å²) < 4.78 is 12.5. The third-order valence-electron chi connectivity index (χ3n) is 2.62. The summed E-state index contributed by atoms with van der Waals surface area (Å²) in [5, 5.41) is 8.91. The molecule has 0 spiro atoms. The number of hydrogen-bond donors (Lipinski definition) is 2. The fraction of sp³-hybridized carbons (Fsp3) is 0.273. The molecule has 1 heterocycles. The monoisotopic (exact) mass is 268 g/mol. The van der Waals surface area contributed by atoms with Gasteiger partial charge in [-0.05, 0) is 18.2 Å². The van der Waals surface area contributed by atoms with Gasteiger partial charge in [-0.25, -0.2) is 9.59 Å². The van der Waals surface area contributed by atoms with Crippen molar-refractivity contribution in [1.82, 2.24) is 9.55 Å². The average Bonchev–Trinajstić information content (AvgIpc) is 2.60. The van der Waals surface area contributed by atoms with Gasteiger partial charge in [0.05, 0.1) is 16.6 Å². The Labute approximate surface area is 105 Å². The topological polar surface area (TPSA) is 92.2 Å². The van der Waals surface area contributed by atoms with Gasteiger partial charge < -0.3 is 10.1 Å². The fourth-order valence-corrected chi connectivity index (χ4v) is 2.17. The highest BCUT2D eigenvalue weighted by Crippen LogP contribution is 2.13. The van der Waals surface area contributed by atoms with Crippen LogP contribution in [-0.2, 0) is 17.3 Å². The number of nitrogens with zero attached hydrogens (tertiary/aromatic N) is 1. The second-order valence-electron chi connectivity index (χ2n) is 3.90. The lowest BCUT2D eigenvalue weighted by atomic mass is 10.2. The molecule has 0 saturated heterocycles. The van der Waals surface area contributed by atoms with Gasteiger partial charge in [-0.2, -0.15) is 0 Å². The van der Waals surface area contributed by atoms with Gasteiger partial charge in [-0.1, -0.05) is 0 Å². The quantitative estimate of drug-likeness (QED) is 0.839. The molecule has 0 bridgehead atoms. The van der Waals surface area contributed by atoms with E-state index in [1.54, 1.807) is 12.3 Å². The van der Waals surface area contributed by atoms with Crippen LogP contribution in [0.1, 0.15) is 10.4 Å². The van der Waals surface area contributed by atoms with Crippen molar-refractivity contribution < 1.29 is 14.1 Å². The Kier molecular flexibility index (Phi) is 3.33. The highest BCUT2D eigenvalue weighted by molar-refractivity contribution is 7.84. The highest BCUT2D eigenvalue weighted by atomic mass is 32.2. The first-order chi connectivity index (χ1) is 8.49. The number of carbonyl (C=O) groups is 1. The zero-order valence-electron chi connectivity index (χ0n) is 9.67. The first kappa shape index (κ1) is 12.6. The maximum absolute atomic E-state index is 11.7. The summed E-state index contributed by atoms with van der Waals surface area (Å²) in [5.74, 6) is -0.694. The van der Waals surface area contributed by atoms with Crippen LogP contribution >= 0.6 is 0 Å². The zero-order chi connectivity index (χ0) is 13.3. The van der Waals surface area contributed by atoms with Gasteiger partial charge in [-0.15, -0.1) is 0 Å². The molecular weight excluding hydrogens is 256 g/mol. The van der Waals surface area contributed by atoms with Crippen LogP contribution in [0.15, 0.2) is 23.0 Å². The molecule has 0 fully saturated rings. The van der Waals surface area contributed by atoms with Crippen LogP contribution in [0.2, 0.25) is 0 Å². The third-order valence-corrected chi connectivity index (χ3v) is 3.38. The summed E-state index contributed by atoms with van der Waals surface area (Å²) in [7, 11) is -1.01. The molecule has 1 aromatic heterocycles. The van der Waals surface area contributed by atoms with Gasteiger partial charge in [-0.3, -0.25) is 8.78 Å². The lowest BCUT2D eigenvalue weighted by Crippen LogP contribution is -2.19. The number of nitrogens with one attached hydrogen (secondary N) is 1. The molecular formula is C11H12N2O4S. The molecule has 96 valence electrons. The standard InChI is InChI=1S/C11H12N2O4S/c1-18(17)5-4-13-9-6-7(10(14)15)2-3-8(9)12-11(13)16/h2-3,6H,4-5H2,1H3,(H,12,16)(H,14,15). The van der Waals surface area contributed by atoms with Crippen LogP contribution in [0, 0.1) is 0 Å². The molecule has 2 N–H and O–H groups in total. The lowest BCUT2D eigenvalue weighted by molar-refractivity contribution is 0.0697. The molecule has 0 saturated carbocycles. The number of aromatic carboxylic acids is 1. The Hall–Kier alpha value is -1.89. The number of rotatable bonds is 4. The molecule has 6 nitrogen and oxygen atoms in total. The highest BCUT2D eigenvalue weighted by Gasteiger charge is 2.10. The minimum Gasteiger partial charge on any atom is -0.478 e. The van der Waals surface area contributed by atoms with E-state index in [4.69, 9.17) is 5.11 Å². The van der Waals surface area contributed by atoms with Crippen molar-refractivity contribution in [2.45, 2.75) is 6.54 Å². The van der Waals surface area contributed by atoms with Crippen molar-refractivity contribution in [3.63, 3.8) is 0 Å². The molecule has 1 atom stereocenters. The number of carboxylic acid groups (broad SMARTS) is 1. The van der Waals surface area contributed by atoms with Crippen molar-refractivity contribution in [2.24, 2.45) is 0 Å². The fourth-order valence-electron chi connectivity index (χ4n) is 1.73. The molecule has 2 aromatic rings. The molecule has 1 unspecified atom stereocenters. The van der Waals surface area contributed by atoms with E-state index in [1.165, 1.54) is 16.7 Å². The van der Waals surface area contributed by atoms with Crippen LogP contribution in [-0.4, -0.2) is 36.8 Å². The van der Waals surface area contributed by atoms with Gasteiger partial charge >= 0.3 is 11.7 Å². The third kappa shape index (κ3) is 2.35. The molecule has 7 heteroatoms. The maximum atomic E-state index is 11.7. The molecule has 0 aliphatic carbocycles. The first-order valence-corrected chi connectivity index (χ1v) is 6.97. The molecule has 0 radical (unpaired) electrons. The molecule has 1 aromatic carbocycles. The van der Waals surface area contributed by atoms with Crippen LogP contribution in [0.5, 0.6) is 0 Å². The predicted molar refractivity (Wildman–Crippen MR) is 68.5 cm³/mol. The van der Waals surface area contributed by atoms with Crippen molar-refractivity contribution in [1.29, 1.82) is 0 Å². The first-order valence-electron chi connectivity index (χ1n) is 5.25. The Morgan fingerprint density at radius 3 is 2.83 bits per heavy atom. The molecule has 2 rings (SSSR count). The van der Waals surface area contributed by atoms with Gasteiger partial charge in [0.1, 0.15) is 0 Å². The van der Waals surface area contributed by atoms with E-state index in [0.29, 0.717) is 23.3 Å². The number of hydrogen-bond acceptors (Lipinski definition) is 3. The Morgan fingerprint density at radius 1 is 1.50 bits per heavy atom. The number of imidazole rings is 1. The summed E-state index contributed by atoms with van der Waals surface area (Å²) in [6, 6.07) is 4.43. The van der Waals surface area contributed by atoms with Crippen molar-refractivity contribution in [3.8, 4) is 0 Å². The number of carboxylic acids is 1. The number of H-pyrrole nitrogens is 1. The van der Waals surface area contributed by atoms with E-state index in [0.717, 1.165) is 0 Å². The smallest absolute Gasteiger partial charge is 0.335 e. The second-order valence-corrected chi connectivity index (χ2v) is 5.45. The maximum Gasteiger partial charge on any atom is 0.335 e. The van der Waals surface area contributed by atoms with Crippen molar-refractivity contribution in [3.05, 3.63) is 34.2 Å². The number of fused-ring (bicyclic) bond motifs is 1. The van der Waals surface area contributed by atoms with Crippen LogP contribution in [0.25, 0.3) is 11.0 Å². The normalized spacial score (nSPS) is 12.7. The van der Waals surface area contributed by atoms with E-state index in [-0.39, 0.29) is 11.3 Å². The van der Waals surface area contributed by atoms with Crippen molar-refractivity contribution >= 4 is 27.8 Å². The van der Waals surface area contributed by atoms with Gasteiger partial charge in [0.15, 0.2) is 0 Å². The van der Waals surface area contributed by atoms with E-state index in [1.807, 2.05) is 0 Å². The van der Waals surface area contributed by atoms with Crippen LogP contribution in [0.4, 0.5) is 0 Å². The predicted octanol–water partition coefficient (Wildman–Crippen LogP) is 0.406. The van der Waals surface area contributed by atoms with Gasteiger partial charge in [0.2, 0.25) is 0 Å². The van der Waals surface area contributed by atoms with Crippen LogP contribution < -0.4 is 5.69 Å². The minimum absolute atomic E-state index is 0.118. The van der Waals surface area contributed by atoms with E-state index in [9.17, 15) is 13.8 Å². The van der Waals surface area contributed by atoms with Crippen molar-refractivity contribution in [2.75, 3.05) is 12.0 Å². The summed E-state index contributed by atoms with van der Waals surface area (Å²) in [6.07, 6.45) is 1.56. The number of aromatic nitrogens is 2. The SMILES string of the molecule is CS(=O)CCn1c(=O)[nH]c2ccc(C(=O)O)cc21. The van der Waals surface area contributed by atoms with E-state index < -0.39 is 16.8 Å². The Bertz CT molecular complexity index is 686.